The molecule has 0 saturated carbocycles. The van der Waals surface area contributed by atoms with Crippen molar-refractivity contribution in [2.45, 2.75) is 37.6 Å². The highest BCUT2D eigenvalue weighted by Crippen LogP contribution is 2.26. The van der Waals surface area contributed by atoms with Gasteiger partial charge in [0.2, 0.25) is 0 Å². The SMILES string of the molecule is CSc1ccc2c(C)cc(NCc3n[nH]c4c3CCC4)nc2c1. The van der Waals surface area contributed by atoms with Crippen molar-refractivity contribution in [1.29, 1.82) is 0 Å². The van der Waals surface area contributed by atoms with Crippen LogP contribution in [-0.4, -0.2) is 21.4 Å². The van der Waals surface area contributed by atoms with Gasteiger partial charge in [-0.2, -0.15) is 5.10 Å². The van der Waals surface area contributed by atoms with Crippen LogP contribution in [0.4, 0.5) is 5.82 Å². The van der Waals surface area contributed by atoms with Gasteiger partial charge < -0.3 is 5.32 Å². The van der Waals surface area contributed by atoms with Crippen molar-refractivity contribution in [2.24, 2.45) is 0 Å². The van der Waals surface area contributed by atoms with E-state index in [4.69, 9.17) is 4.98 Å². The molecule has 5 heteroatoms. The summed E-state index contributed by atoms with van der Waals surface area (Å²) in [6.07, 6.45) is 5.60. The van der Waals surface area contributed by atoms with Crippen molar-refractivity contribution in [2.75, 3.05) is 11.6 Å². The van der Waals surface area contributed by atoms with E-state index < -0.39 is 0 Å². The third-order valence-corrected chi connectivity index (χ3v) is 5.28. The van der Waals surface area contributed by atoms with Crippen molar-refractivity contribution in [3.63, 3.8) is 0 Å². The van der Waals surface area contributed by atoms with Gasteiger partial charge in [0.25, 0.3) is 0 Å². The molecule has 2 heterocycles. The number of rotatable bonds is 4. The molecule has 0 amide bonds. The molecule has 0 radical (unpaired) electrons. The Morgan fingerprint density at radius 1 is 1.26 bits per heavy atom. The molecule has 2 N–H and O–H groups in total. The number of pyridine rings is 1. The van der Waals surface area contributed by atoms with Crippen LogP contribution >= 0.6 is 11.8 Å². The molecule has 4 rings (SSSR count). The van der Waals surface area contributed by atoms with Crippen LogP contribution in [0.1, 0.15) is 28.9 Å². The first-order chi connectivity index (χ1) is 11.2. The Bertz CT molecular complexity index is 869. The maximum absolute atomic E-state index is 4.78. The van der Waals surface area contributed by atoms with Crippen LogP contribution in [0.25, 0.3) is 10.9 Å². The van der Waals surface area contributed by atoms with E-state index in [2.05, 4.69) is 53.0 Å². The minimum atomic E-state index is 0.728. The van der Waals surface area contributed by atoms with Crippen LogP contribution in [0.3, 0.4) is 0 Å². The molecule has 0 saturated heterocycles. The first-order valence-corrected chi connectivity index (χ1v) is 9.21. The number of aryl methyl sites for hydroxylation is 2. The summed E-state index contributed by atoms with van der Waals surface area (Å²) in [5.41, 5.74) is 6.15. The Kier molecular flexibility index (Phi) is 3.73. The van der Waals surface area contributed by atoms with Gasteiger partial charge in [0, 0.05) is 16.0 Å². The van der Waals surface area contributed by atoms with Gasteiger partial charge in [-0.3, -0.25) is 5.10 Å². The van der Waals surface area contributed by atoms with Gasteiger partial charge >= 0.3 is 0 Å². The molecule has 0 fully saturated rings. The lowest BCUT2D eigenvalue weighted by molar-refractivity contribution is 0.840. The van der Waals surface area contributed by atoms with E-state index in [-0.39, 0.29) is 0 Å². The summed E-state index contributed by atoms with van der Waals surface area (Å²) in [4.78, 5) is 6.02. The third kappa shape index (κ3) is 2.70. The van der Waals surface area contributed by atoms with E-state index in [1.807, 2.05) is 0 Å². The van der Waals surface area contributed by atoms with Gasteiger partial charge in [-0.1, -0.05) is 6.07 Å². The van der Waals surface area contributed by atoms with Crippen molar-refractivity contribution < 1.29 is 0 Å². The Balaban J connectivity index is 1.61. The zero-order chi connectivity index (χ0) is 15.8. The number of benzene rings is 1. The maximum Gasteiger partial charge on any atom is 0.127 e. The van der Waals surface area contributed by atoms with Crippen molar-refractivity contribution in [3.8, 4) is 0 Å². The summed E-state index contributed by atoms with van der Waals surface area (Å²) in [7, 11) is 0. The normalized spacial score (nSPS) is 13.5. The van der Waals surface area contributed by atoms with Gasteiger partial charge in [0.15, 0.2) is 0 Å². The second-order valence-corrected chi connectivity index (χ2v) is 6.92. The molecule has 0 bridgehead atoms. The van der Waals surface area contributed by atoms with Crippen molar-refractivity contribution in [3.05, 3.63) is 46.8 Å². The molecule has 23 heavy (non-hydrogen) atoms. The van der Waals surface area contributed by atoms with Crippen molar-refractivity contribution >= 4 is 28.5 Å². The average molecular weight is 324 g/mol. The summed E-state index contributed by atoms with van der Waals surface area (Å²) >= 11 is 1.75. The van der Waals surface area contributed by atoms with Gasteiger partial charge in [-0.25, -0.2) is 4.98 Å². The zero-order valence-corrected chi connectivity index (χ0v) is 14.3. The number of H-pyrrole nitrogens is 1. The minimum Gasteiger partial charge on any atom is -0.364 e. The Labute approximate surface area is 140 Å². The van der Waals surface area contributed by atoms with Crippen LogP contribution in [0.2, 0.25) is 0 Å². The van der Waals surface area contributed by atoms with Crippen LogP contribution in [-0.2, 0) is 19.4 Å². The molecule has 1 aliphatic carbocycles. The van der Waals surface area contributed by atoms with E-state index >= 15 is 0 Å². The summed E-state index contributed by atoms with van der Waals surface area (Å²) in [5.74, 6) is 0.919. The van der Waals surface area contributed by atoms with Gasteiger partial charge in [0.1, 0.15) is 5.82 Å². The van der Waals surface area contributed by atoms with E-state index in [9.17, 15) is 0 Å². The molecule has 4 nitrogen and oxygen atoms in total. The number of aromatic nitrogens is 3. The molecule has 0 unspecified atom stereocenters. The molecule has 0 atom stereocenters. The lowest BCUT2D eigenvalue weighted by atomic mass is 10.1. The maximum atomic E-state index is 4.78. The van der Waals surface area contributed by atoms with Crippen LogP contribution in [0.5, 0.6) is 0 Å². The minimum absolute atomic E-state index is 0.728. The average Bonchev–Trinajstić information content (AvgIpc) is 3.16. The first-order valence-electron chi connectivity index (χ1n) is 7.99. The van der Waals surface area contributed by atoms with Gasteiger partial charge in [-0.05, 0) is 61.8 Å². The third-order valence-electron chi connectivity index (χ3n) is 4.55. The quantitative estimate of drug-likeness (QED) is 0.710. The fourth-order valence-corrected chi connectivity index (χ4v) is 3.74. The molecule has 1 aromatic carbocycles. The largest absolute Gasteiger partial charge is 0.364 e. The smallest absolute Gasteiger partial charge is 0.127 e. The lowest BCUT2D eigenvalue weighted by Crippen LogP contribution is -2.04. The number of anilines is 1. The van der Waals surface area contributed by atoms with Gasteiger partial charge in [-0.15, -0.1) is 11.8 Å². The van der Waals surface area contributed by atoms with Crippen LogP contribution in [0.15, 0.2) is 29.2 Å². The zero-order valence-electron chi connectivity index (χ0n) is 13.4. The molecular formula is C18H20N4S. The number of hydrogen-bond acceptors (Lipinski definition) is 4. The molecule has 3 aromatic rings. The topological polar surface area (TPSA) is 53.6 Å². The fraction of sp³-hybridized carbons (Fsp3) is 0.333. The molecule has 1 aliphatic rings. The number of fused-ring (bicyclic) bond motifs is 2. The number of thioether (sulfide) groups is 1. The predicted octanol–water partition coefficient (Wildman–Crippen LogP) is 4.09. The number of nitrogens with zero attached hydrogens (tertiary/aromatic N) is 2. The molecule has 2 aromatic heterocycles. The Morgan fingerprint density at radius 3 is 3.04 bits per heavy atom. The summed E-state index contributed by atoms with van der Waals surface area (Å²) in [5, 5.41) is 12.3. The lowest BCUT2D eigenvalue weighted by Gasteiger charge is -2.09. The highest BCUT2D eigenvalue weighted by Gasteiger charge is 2.18. The highest BCUT2D eigenvalue weighted by atomic mass is 32.2. The van der Waals surface area contributed by atoms with Gasteiger partial charge in [0.05, 0.1) is 17.8 Å². The first kappa shape index (κ1) is 14.6. The van der Waals surface area contributed by atoms with E-state index in [0.29, 0.717) is 0 Å². The standard InChI is InChI=1S/C18H20N4S/c1-11-8-18(20-16-9-12(23-2)6-7-13(11)16)19-10-17-14-4-3-5-15(14)21-22-17/h6-9H,3-5,10H2,1-2H3,(H,19,20)(H,21,22). The molecule has 0 spiro atoms. The second-order valence-electron chi connectivity index (χ2n) is 6.04. The van der Waals surface area contributed by atoms with E-state index in [1.165, 1.54) is 33.5 Å². The second kappa shape index (κ2) is 5.89. The molecule has 0 aliphatic heterocycles. The predicted molar refractivity (Wildman–Crippen MR) is 96.2 cm³/mol. The Morgan fingerprint density at radius 2 is 2.17 bits per heavy atom. The molecule has 118 valence electrons. The van der Waals surface area contributed by atoms with E-state index in [0.717, 1.165) is 36.4 Å². The van der Waals surface area contributed by atoms with Crippen LogP contribution < -0.4 is 5.32 Å². The van der Waals surface area contributed by atoms with Crippen LogP contribution in [0, 0.1) is 6.92 Å². The fourth-order valence-electron chi connectivity index (χ4n) is 3.31. The van der Waals surface area contributed by atoms with Crippen molar-refractivity contribution in [1.82, 2.24) is 15.2 Å². The summed E-state index contributed by atoms with van der Waals surface area (Å²) in [6.45, 7) is 2.87. The van der Waals surface area contributed by atoms with E-state index in [1.54, 1.807) is 11.8 Å². The number of aromatic amines is 1. The Hall–Kier alpha value is -2.01. The summed E-state index contributed by atoms with van der Waals surface area (Å²) < 4.78 is 0. The monoisotopic (exact) mass is 324 g/mol. The highest BCUT2D eigenvalue weighted by molar-refractivity contribution is 7.98. The number of hydrogen-bond donors (Lipinski definition) is 2. The number of nitrogens with one attached hydrogen (secondary N) is 2. The molecular weight excluding hydrogens is 304 g/mol. The summed E-state index contributed by atoms with van der Waals surface area (Å²) in [6, 6.07) is 8.59.